The van der Waals surface area contributed by atoms with Crippen LogP contribution in [0.5, 0.6) is 23.0 Å². The number of hydrogen-bond donors (Lipinski definition) is 2. The van der Waals surface area contributed by atoms with Crippen molar-refractivity contribution in [1.82, 2.24) is 4.90 Å². The Labute approximate surface area is 257 Å². The summed E-state index contributed by atoms with van der Waals surface area (Å²) in [5, 5.41) is 22.7. The van der Waals surface area contributed by atoms with E-state index in [0.717, 1.165) is 36.3 Å². The molecule has 9 heteroatoms. The quantitative estimate of drug-likeness (QED) is 0.142. The van der Waals surface area contributed by atoms with Gasteiger partial charge in [-0.3, -0.25) is 4.90 Å². The van der Waals surface area contributed by atoms with Gasteiger partial charge in [0.2, 0.25) is 11.5 Å². The zero-order valence-corrected chi connectivity index (χ0v) is 25.4. The van der Waals surface area contributed by atoms with E-state index in [0.29, 0.717) is 17.2 Å². The molecule has 43 heavy (non-hydrogen) atoms. The second kappa shape index (κ2) is 13.5. The molecule has 1 fully saturated rings. The van der Waals surface area contributed by atoms with Crippen molar-refractivity contribution in [2.75, 3.05) is 19.6 Å². The van der Waals surface area contributed by atoms with Gasteiger partial charge in [0, 0.05) is 30.4 Å². The average Bonchev–Trinajstić information content (AvgIpc) is 2.96. The van der Waals surface area contributed by atoms with Crippen LogP contribution in [0.25, 0.3) is 10.8 Å². The van der Waals surface area contributed by atoms with Gasteiger partial charge in [-0.2, -0.15) is 0 Å². The van der Waals surface area contributed by atoms with E-state index in [9.17, 15) is 19.8 Å². The van der Waals surface area contributed by atoms with Gasteiger partial charge in [-0.05, 0) is 70.0 Å². The smallest absolute Gasteiger partial charge is 0.343 e. The molecule has 2 atom stereocenters. The monoisotopic (exact) mass is 605 g/mol. The Balaban J connectivity index is 0.00000423. The number of carbonyl (C=O) groups is 2. The summed E-state index contributed by atoms with van der Waals surface area (Å²) >= 11 is 0. The van der Waals surface area contributed by atoms with Crippen molar-refractivity contribution in [1.29, 1.82) is 0 Å². The number of esters is 2. The molecule has 0 saturated carbocycles. The number of carbonyl (C=O) groups excluding carboxylic acids is 2. The lowest BCUT2D eigenvalue weighted by atomic mass is 10.0. The second-order valence-corrected chi connectivity index (χ2v) is 11.0. The van der Waals surface area contributed by atoms with Crippen LogP contribution in [0.4, 0.5) is 0 Å². The summed E-state index contributed by atoms with van der Waals surface area (Å²) < 4.78 is 17.2. The number of phenols is 2. The number of morpholine rings is 1. The summed E-state index contributed by atoms with van der Waals surface area (Å²) in [6.45, 7) is 10.4. The molecule has 4 aromatic carbocycles. The highest BCUT2D eigenvalue weighted by Crippen LogP contribution is 2.50. The molecule has 0 aromatic heterocycles. The molecule has 0 aliphatic carbocycles. The van der Waals surface area contributed by atoms with Gasteiger partial charge in [-0.1, -0.05) is 47.5 Å². The van der Waals surface area contributed by atoms with Gasteiger partial charge in [0.05, 0.1) is 23.3 Å². The third-order valence-electron chi connectivity index (χ3n) is 7.40. The van der Waals surface area contributed by atoms with Crippen LogP contribution in [0.2, 0.25) is 0 Å². The standard InChI is InChI=1S/C34H35NO7.ClH/c1-20-5-10-25(11-6-20)33(38)41-31-27-14-9-24(15-16-35-18-22(3)40-23(4)19-35)17-28(27)32(30(37)29(31)36)42-34(39)26-12-7-21(2)8-13-26;/h5-14,17,22-23,36-37H,15-16,18-19H2,1-4H3;1H. The minimum atomic E-state index is -0.699. The molecule has 5 rings (SSSR count). The van der Waals surface area contributed by atoms with Crippen molar-refractivity contribution in [2.24, 2.45) is 0 Å². The first kappa shape index (κ1) is 31.8. The van der Waals surface area contributed by atoms with E-state index in [1.54, 1.807) is 60.7 Å². The topological polar surface area (TPSA) is 106 Å². The molecule has 1 aliphatic heterocycles. The van der Waals surface area contributed by atoms with Crippen molar-refractivity contribution in [3.05, 3.63) is 94.5 Å². The van der Waals surface area contributed by atoms with Crippen molar-refractivity contribution < 1.29 is 34.0 Å². The molecule has 2 N–H and O–H groups in total. The first-order chi connectivity index (χ1) is 20.1. The minimum absolute atomic E-state index is 0. The fraction of sp³-hybridized carbons (Fsp3) is 0.294. The number of nitrogens with zero attached hydrogens (tertiary/aromatic N) is 1. The van der Waals surface area contributed by atoms with Crippen LogP contribution in [0.15, 0.2) is 66.7 Å². The first-order valence-corrected chi connectivity index (χ1v) is 14.0. The van der Waals surface area contributed by atoms with Gasteiger partial charge < -0.3 is 24.4 Å². The molecule has 4 aromatic rings. The maximum atomic E-state index is 13.1. The molecule has 0 radical (unpaired) electrons. The van der Waals surface area contributed by atoms with Gasteiger partial charge in [-0.25, -0.2) is 9.59 Å². The van der Waals surface area contributed by atoms with Crippen LogP contribution in [-0.2, 0) is 11.2 Å². The number of fused-ring (bicyclic) bond motifs is 1. The fourth-order valence-corrected chi connectivity index (χ4v) is 5.25. The van der Waals surface area contributed by atoms with Crippen LogP contribution in [0.1, 0.15) is 51.3 Å². The second-order valence-electron chi connectivity index (χ2n) is 11.0. The van der Waals surface area contributed by atoms with Crippen molar-refractivity contribution in [2.45, 2.75) is 46.3 Å². The Morgan fingerprint density at radius 3 is 1.72 bits per heavy atom. The summed E-state index contributed by atoms with van der Waals surface area (Å²) in [4.78, 5) is 28.4. The number of aromatic hydroxyl groups is 2. The van der Waals surface area contributed by atoms with Crippen LogP contribution in [0, 0.1) is 13.8 Å². The molecular weight excluding hydrogens is 570 g/mol. The van der Waals surface area contributed by atoms with Crippen molar-refractivity contribution >= 4 is 35.1 Å². The molecule has 1 saturated heterocycles. The Hall–Kier alpha value is -4.11. The van der Waals surface area contributed by atoms with Crippen molar-refractivity contribution in [3.8, 4) is 23.0 Å². The fourth-order valence-electron chi connectivity index (χ4n) is 5.25. The summed E-state index contributed by atoms with van der Waals surface area (Å²) in [6.07, 6.45) is 0.966. The number of phenolic OH excluding ortho intramolecular Hbond substituents is 2. The van der Waals surface area contributed by atoms with E-state index < -0.39 is 23.4 Å². The van der Waals surface area contributed by atoms with E-state index >= 15 is 0 Å². The third kappa shape index (κ3) is 7.28. The normalized spacial score (nSPS) is 16.8. The van der Waals surface area contributed by atoms with E-state index in [1.807, 2.05) is 19.9 Å². The van der Waals surface area contributed by atoms with Gasteiger partial charge in [0.15, 0.2) is 11.5 Å². The number of halogens is 1. The third-order valence-corrected chi connectivity index (χ3v) is 7.40. The molecule has 2 unspecified atom stereocenters. The molecule has 1 heterocycles. The Morgan fingerprint density at radius 1 is 0.767 bits per heavy atom. The SMILES string of the molecule is Cc1ccc(C(=O)Oc2c(O)c(O)c(OC(=O)c3ccc(C)cc3)c3cc(CCN4CC(C)OC(C)C4)ccc23)cc1.Cl. The summed E-state index contributed by atoms with van der Waals surface area (Å²) in [5.41, 5.74) is 3.45. The van der Waals surface area contributed by atoms with E-state index in [2.05, 4.69) is 18.7 Å². The highest BCUT2D eigenvalue weighted by molar-refractivity contribution is 6.04. The number of benzene rings is 4. The van der Waals surface area contributed by atoms with Gasteiger partial charge in [0.1, 0.15) is 0 Å². The molecule has 8 nitrogen and oxygen atoms in total. The van der Waals surface area contributed by atoms with Crippen molar-refractivity contribution in [3.63, 3.8) is 0 Å². The largest absolute Gasteiger partial charge is 0.502 e. The lowest BCUT2D eigenvalue weighted by Crippen LogP contribution is -2.46. The lowest BCUT2D eigenvalue weighted by molar-refractivity contribution is -0.0675. The van der Waals surface area contributed by atoms with Gasteiger partial charge in [0.25, 0.3) is 0 Å². The number of hydrogen-bond acceptors (Lipinski definition) is 8. The zero-order valence-electron chi connectivity index (χ0n) is 24.6. The first-order valence-electron chi connectivity index (χ1n) is 14.0. The minimum Gasteiger partial charge on any atom is -0.502 e. The Kier molecular flexibility index (Phi) is 9.96. The molecule has 1 aliphatic rings. The summed E-state index contributed by atoms with van der Waals surface area (Å²) in [7, 11) is 0. The van der Waals surface area contributed by atoms with E-state index in [4.69, 9.17) is 14.2 Å². The number of ether oxygens (including phenoxy) is 3. The highest BCUT2D eigenvalue weighted by atomic mass is 35.5. The predicted molar refractivity (Wildman–Crippen MR) is 167 cm³/mol. The van der Waals surface area contributed by atoms with Gasteiger partial charge >= 0.3 is 11.9 Å². The maximum absolute atomic E-state index is 13.1. The van der Waals surface area contributed by atoms with E-state index in [1.165, 1.54) is 0 Å². The van der Waals surface area contributed by atoms with Gasteiger partial charge in [-0.15, -0.1) is 12.4 Å². The molecule has 0 spiro atoms. The number of aryl methyl sites for hydroxylation is 2. The molecule has 0 amide bonds. The Bertz CT molecular complexity index is 1610. The van der Waals surface area contributed by atoms with Crippen LogP contribution < -0.4 is 9.47 Å². The Morgan fingerprint density at radius 2 is 1.23 bits per heavy atom. The highest BCUT2D eigenvalue weighted by Gasteiger charge is 2.26. The summed E-state index contributed by atoms with van der Waals surface area (Å²) in [6, 6.07) is 19.0. The molecular formula is C34H36ClNO7. The average molecular weight is 606 g/mol. The predicted octanol–water partition coefficient (Wildman–Crippen LogP) is 6.38. The van der Waals surface area contributed by atoms with Crippen LogP contribution >= 0.6 is 12.4 Å². The maximum Gasteiger partial charge on any atom is 0.343 e. The zero-order chi connectivity index (χ0) is 30.0. The van der Waals surface area contributed by atoms with Crippen LogP contribution in [0.3, 0.4) is 0 Å². The number of rotatable bonds is 7. The summed E-state index contributed by atoms with van der Waals surface area (Å²) in [5.74, 6) is -3.21. The molecule has 0 bridgehead atoms. The van der Waals surface area contributed by atoms with Crippen LogP contribution in [-0.4, -0.2) is 58.9 Å². The van der Waals surface area contributed by atoms with E-state index in [-0.39, 0.29) is 47.2 Å². The lowest BCUT2D eigenvalue weighted by Gasteiger charge is -2.35. The molecule has 226 valence electrons.